The highest BCUT2D eigenvalue weighted by atomic mass is 16.5. The third-order valence-corrected chi connectivity index (χ3v) is 1.13. The third kappa shape index (κ3) is 1.14. The summed E-state index contributed by atoms with van der Waals surface area (Å²) in [7, 11) is 0. The summed E-state index contributed by atoms with van der Waals surface area (Å²) in [5.74, 6) is 0. The molecule has 0 saturated carbocycles. The predicted molar refractivity (Wildman–Crippen MR) is 25.2 cm³/mol. The van der Waals surface area contributed by atoms with Gasteiger partial charge >= 0.3 is 0 Å². The maximum atomic E-state index is 8.32. The SMILES string of the molecule is O[CH]C1CCCO1. The Morgan fingerprint density at radius 3 is 2.86 bits per heavy atom. The second kappa shape index (κ2) is 2.28. The van der Waals surface area contributed by atoms with E-state index in [1.54, 1.807) is 0 Å². The molecule has 0 amide bonds. The van der Waals surface area contributed by atoms with Gasteiger partial charge in [-0.3, -0.25) is 0 Å². The Morgan fingerprint density at radius 2 is 2.57 bits per heavy atom. The van der Waals surface area contributed by atoms with Crippen LogP contribution in [0.5, 0.6) is 0 Å². The van der Waals surface area contributed by atoms with E-state index in [2.05, 4.69) is 0 Å². The molecule has 0 aromatic rings. The Kier molecular flexibility index (Phi) is 1.65. The van der Waals surface area contributed by atoms with Gasteiger partial charge in [0.1, 0.15) is 6.61 Å². The molecule has 1 aliphatic rings. The van der Waals surface area contributed by atoms with Crippen molar-refractivity contribution in [2.45, 2.75) is 18.9 Å². The van der Waals surface area contributed by atoms with Crippen molar-refractivity contribution in [2.24, 2.45) is 0 Å². The van der Waals surface area contributed by atoms with Crippen LogP contribution in [0.25, 0.3) is 0 Å². The van der Waals surface area contributed by atoms with Crippen LogP contribution in [-0.4, -0.2) is 17.8 Å². The van der Waals surface area contributed by atoms with Gasteiger partial charge in [-0.1, -0.05) is 0 Å². The molecule has 1 atom stereocenters. The van der Waals surface area contributed by atoms with E-state index in [1.807, 2.05) is 0 Å². The van der Waals surface area contributed by atoms with Crippen molar-refractivity contribution < 1.29 is 9.84 Å². The lowest BCUT2D eigenvalue weighted by Gasteiger charge is -1.99. The number of aliphatic hydroxyl groups is 1. The summed E-state index contributed by atoms with van der Waals surface area (Å²) < 4.78 is 5.00. The molecule has 1 heterocycles. The van der Waals surface area contributed by atoms with Crippen molar-refractivity contribution in [1.29, 1.82) is 0 Å². The molecular weight excluding hydrogens is 92.1 g/mol. The second-order valence-corrected chi connectivity index (χ2v) is 1.70. The Balaban J connectivity index is 2.14. The average Bonchev–Trinajstić information content (AvgIpc) is 2.14. The molecular formula is C5H9O2. The van der Waals surface area contributed by atoms with Crippen LogP contribution in [0.2, 0.25) is 0 Å². The molecule has 0 aliphatic carbocycles. The second-order valence-electron chi connectivity index (χ2n) is 1.70. The average molecular weight is 101 g/mol. The van der Waals surface area contributed by atoms with Crippen molar-refractivity contribution in [3.8, 4) is 0 Å². The van der Waals surface area contributed by atoms with E-state index in [0.717, 1.165) is 26.1 Å². The van der Waals surface area contributed by atoms with Crippen LogP contribution in [0.1, 0.15) is 12.8 Å². The Morgan fingerprint density at radius 1 is 1.71 bits per heavy atom. The summed E-state index contributed by atoms with van der Waals surface area (Å²) >= 11 is 0. The molecule has 0 spiro atoms. The zero-order valence-corrected chi connectivity index (χ0v) is 4.13. The van der Waals surface area contributed by atoms with Gasteiger partial charge in [0, 0.05) is 6.61 Å². The first-order chi connectivity index (χ1) is 3.43. The molecule has 2 nitrogen and oxygen atoms in total. The molecule has 41 valence electrons. The van der Waals surface area contributed by atoms with Gasteiger partial charge in [0.2, 0.25) is 0 Å². The van der Waals surface area contributed by atoms with E-state index in [-0.39, 0.29) is 6.10 Å². The Bertz CT molecular complexity index is 48.0. The van der Waals surface area contributed by atoms with Gasteiger partial charge in [0.05, 0.1) is 6.10 Å². The van der Waals surface area contributed by atoms with Crippen LogP contribution < -0.4 is 0 Å². The number of hydrogen-bond acceptors (Lipinski definition) is 2. The van der Waals surface area contributed by atoms with Crippen LogP contribution >= 0.6 is 0 Å². The first kappa shape index (κ1) is 5.06. The van der Waals surface area contributed by atoms with E-state index >= 15 is 0 Å². The zero-order valence-electron chi connectivity index (χ0n) is 4.13. The number of rotatable bonds is 1. The topological polar surface area (TPSA) is 29.5 Å². The number of ether oxygens (including phenoxy) is 1. The lowest BCUT2D eigenvalue weighted by molar-refractivity contribution is 0.0956. The minimum absolute atomic E-state index is 0.0278. The van der Waals surface area contributed by atoms with Gasteiger partial charge in [-0.15, -0.1) is 0 Å². The van der Waals surface area contributed by atoms with Gasteiger partial charge in [-0.25, -0.2) is 0 Å². The summed E-state index contributed by atoms with van der Waals surface area (Å²) in [6, 6.07) is 0. The molecule has 1 rings (SSSR count). The number of aliphatic hydroxyl groups excluding tert-OH is 1. The summed E-state index contributed by atoms with van der Waals surface area (Å²) in [6.07, 6.45) is 2.10. The van der Waals surface area contributed by atoms with E-state index < -0.39 is 0 Å². The monoisotopic (exact) mass is 101 g/mol. The third-order valence-electron chi connectivity index (χ3n) is 1.13. The predicted octanol–water partition coefficient (Wildman–Crippen LogP) is 0.700. The fraction of sp³-hybridized carbons (Fsp3) is 0.800. The van der Waals surface area contributed by atoms with Crippen molar-refractivity contribution in [3.05, 3.63) is 6.61 Å². The van der Waals surface area contributed by atoms with Gasteiger partial charge < -0.3 is 9.84 Å². The molecule has 0 aromatic carbocycles. The number of hydrogen-bond donors (Lipinski definition) is 1. The molecule has 7 heavy (non-hydrogen) atoms. The first-order valence-electron chi connectivity index (χ1n) is 2.52. The molecule has 1 fully saturated rings. The molecule has 1 saturated heterocycles. The van der Waals surface area contributed by atoms with Crippen molar-refractivity contribution in [3.63, 3.8) is 0 Å². The molecule has 1 unspecified atom stereocenters. The van der Waals surface area contributed by atoms with Gasteiger partial charge in [0.25, 0.3) is 0 Å². The maximum absolute atomic E-state index is 8.32. The standard InChI is InChI=1S/C5H9O2/c6-4-5-2-1-3-7-5/h4-6H,1-3H2. The highest BCUT2D eigenvalue weighted by Gasteiger charge is 2.13. The van der Waals surface area contributed by atoms with Crippen LogP contribution in [0.4, 0.5) is 0 Å². The minimum Gasteiger partial charge on any atom is -0.388 e. The van der Waals surface area contributed by atoms with E-state index in [9.17, 15) is 0 Å². The van der Waals surface area contributed by atoms with Crippen LogP contribution in [0, 0.1) is 6.61 Å². The van der Waals surface area contributed by atoms with Crippen molar-refractivity contribution in [1.82, 2.24) is 0 Å². The zero-order chi connectivity index (χ0) is 5.11. The van der Waals surface area contributed by atoms with Crippen LogP contribution in [-0.2, 0) is 4.74 Å². The lowest BCUT2D eigenvalue weighted by Crippen LogP contribution is -2.03. The van der Waals surface area contributed by atoms with E-state index in [4.69, 9.17) is 9.84 Å². The smallest absolute Gasteiger partial charge is 0.109 e. The Labute approximate surface area is 43.1 Å². The van der Waals surface area contributed by atoms with Crippen LogP contribution in [0.15, 0.2) is 0 Å². The van der Waals surface area contributed by atoms with E-state index in [1.165, 1.54) is 0 Å². The normalized spacial score (nSPS) is 31.3. The van der Waals surface area contributed by atoms with Gasteiger partial charge in [-0.05, 0) is 12.8 Å². The molecule has 1 N–H and O–H groups in total. The molecule has 1 aliphatic heterocycles. The Hall–Kier alpha value is -0.0800. The van der Waals surface area contributed by atoms with Gasteiger partial charge in [0.15, 0.2) is 0 Å². The largest absolute Gasteiger partial charge is 0.388 e. The molecule has 1 radical (unpaired) electrons. The van der Waals surface area contributed by atoms with Crippen LogP contribution in [0.3, 0.4) is 0 Å². The molecule has 0 bridgehead atoms. The minimum atomic E-state index is 0.0278. The summed E-state index contributed by atoms with van der Waals surface area (Å²) in [5.41, 5.74) is 0. The fourth-order valence-corrected chi connectivity index (χ4v) is 0.720. The van der Waals surface area contributed by atoms with Crippen molar-refractivity contribution in [2.75, 3.05) is 6.61 Å². The van der Waals surface area contributed by atoms with Crippen molar-refractivity contribution >= 4 is 0 Å². The summed E-state index contributed by atoms with van der Waals surface area (Å²) in [6.45, 7) is 1.93. The molecule has 0 aromatic heterocycles. The van der Waals surface area contributed by atoms with E-state index in [0.29, 0.717) is 0 Å². The lowest BCUT2D eigenvalue weighted by atomic mass is 10.2. The first-order valence-corrected chi connectivity index (χ1v) is 2.52. The highest BCUT2D eigenvalue weighted by Crippen LogP contribution is 2.12. The highest BCUT2D eigenvalue weighted by molar-refractivity contribution is 4.70. The molecule has 2 heteroatoms. The van der Waals surface area contributed by atoms with Gasteiger partial charge in [-0.2, -0.15) is 0 Å². The fourth-order valence-electron chi connectivity index (χ4n) is 0.720. The summed E-state index contributed by atoms with van der Waals surface area (Å²) in [5, 5.41) is 8.32. The quantitative estimate of drug-likeness (QED) is 0.526. The maximum Gasteiger partial charge on any atom is 0.109 e. The summed E-state index contributed by atoms with van der Waals surface area (Å²) in [4.78, 5) is 0.